The van der Waals surface area contributed by atoms with Gasteiger partial charge >= 0.3 is 0 Å². The fourth-order valence-electron chi connectivity index (χ4n) is 3.29. The van der Waals surface area contributed by atoms with E-state index in [1.54, 1.807) is 4.90 Å². The summed E-state index contributed by atoms with van der Waals surface area (Å²) in [4.78, 5) is 26.5. The molecular weight excluding hydrogens is 364 g/mol. The van der Waals surface area contributed by atoms with Crippen LogP contribution in [0.25, 0.3) is 0 Å². The van der Waals surface area contributed by atoms with Crippen LogP contribution in [-0.2, 0) is 16.8 Å². The first-order valence-corrected chi connectivity index (χ1v) is 10.3. The van der Waals surface area contributed by atoms with E-state index < -0.39 is 0 Å². The second-order valence-corrected chi connectivity index (χ2v) is 8.14. The molecule has 1 aliphatic heterocycles. The third kappa shape index (κ3) is 4.61. The smallest absolute Gasteiger partial charge is 0.265 e. The summed E-state index contributed by atoms with van der Waals surface area (Å²) in [6.07, 6.45) is 1.90. The van der Waals surface area contributed by atoms with Gasteiger partial charge in [-0.15, -0.1) is 0 Å². The van der Waals surface area contributed by atoms with Gasteiger partial charge in [0.05, 0.1) is 12.2 Å². The Morgan fingerprint density at radius 2 is 1.86 bits per heavy atom. The number of anilines is 1. The molecule has 5 nitrogen and oxygen atoms in total. The summed E-state index contributed by atoms with van der Waals surface area (Å²) in [5, 5.41) is 2.88. The molecule has 0 saturated carbocycles. The maximum Gasteiger partial charge on any atom is 0.265 e. The van der Waals surface area contributed by atoms with Crippen LogP contribution in [0.15, 0.2) is 42.5 Å². The first-order valence-electron chi connectivity index (χ1n) is 10.3. The van der Waals surface area contributed by atoms with Gasteiger partial charge in [0.2, 0.25) is 0 Å². The lowest BCUT2D eigenvalue weighted by molar-refractivity contribution is -0.121. The number of ether oxygens (including phenoxy) is 1. The maximum atomic E-state index is 12.6. The molecule has 0 spiro atoms. The van der Waals surface area contributed by atoms with E-state index >= 15 is 0 Å². The standard InChI is InChI=1S/C24H30N2O3/c1-5-13-25-23(28)18-9-7-17(8-10-18)15-26-20-14-19(24(3,4)6-2)11-12-21(20)29-16-22(26)27/h7-12,14H,5-6,13,15-16H2,1-4H3,(H,25,28). The highest BCUT2D eigenvalue weighted by Gasteiger charge is 2.28. The van der Waals surface area contributed by atoms with Gasteiger partial charge in [0, 0.05) is 12.1 Å². The first-order chi connectivity index (χ1) is 13.9. The predicted molar refractivity (Wildman–Crippen MR) is 116 cm³/mol. The molecule has 29 heavy (non-hydrogen) atoms. The SMILES string of the molecule is CCCNC(=O)c1ccc(CN2C(=O)COc3ccc(C(C)(C)CC)cc32)cc1. The molecule has 0 bridgehead atoms. The molecule has 1 aliphatic rings. The Labute approximate surface area is 173 Å². The highest BCUT2D eigenvalue weighted by molar-refractivity contribution is 5.98. The minimum Gasteiger partial charge on any atom is -0.482 e. The minimum atomic E-state index is -0.0716. The normalized spacial score (nSPS) is 13.7. The van der Waals surface area contributed by atoms with Crippen LogP contribution in [0.1, 0.15) is 62.0 Å². The Bertz CT molecular complexity index is 887. The third-order valence-electron chi connectivity index (χ3n) is 5.66. The number of hydrogen-bond donors (Lipinski definition) is 1. The predicted octanol–water partition coefficient (Wildman–Crippen LogP) is 4.44. The number of amides is 2. The minimum absolute atomic E-state index is 0.0225. The van der Waals surface area contributed by atoms with Crippen molar-refractivity contribution in [3.63, 3.8) is 0 Å². The molecule has 154 valence electrons. The molecule has 0 atom stereocenters. The molecule has 1 heterocycles. The van der Waals surface area contributed by atoms with E-state index in [-0.39, 0.29) is 23.8 Å². The van der Waals surface area contributed by atoms with Gasteiger partial charge in [-0.1, -0.05) is 45.9 Å². The molecule has 2 aromatic rings. The Hall–Kier alpha value is -2.82. The lowest BCUT2D eigenvalue weighted by atomic mass is 9.82. The number of nitrogens with zero attached hydrogens (tertiary/aromatic N) is 1. The van der Waals surface area contributed by atoms with Gasteiger partial charge in [0.15, 0.2) is 6.61 Å². The molecule has 5 heteroatoms. The molecule has 1 N–H and O–H groups in total. The summed E-state index contributed by atoms with van der Waals surface area (Å²) in [6, 6.07) is 13.5. The zero-order valence-corrected chi connectivity index (χ0v) is 17.7. The van der Waals surface area contributed by atoms with Gasteiger partial charge in [-0.3, -0.25) is 9.59 Å². The summed E-state index contributed by atoms with van der Waals surface area (Å²) in [5.41, 5.74) is 3.62. The fraction of sp³-hybridized carbons (Fsp3) is 0.417. The second-order valence-electron chi connectivity index (χ2n) is 8.14. The van der Waals surface area contributed by atoms with Crippen LogP contribution in [0.2, 0.25) is 0 Å². The van der Waals surface area contributed by atoms with Gasteiger partial charge in [-0.05, 0) is 53.6 Å². The zero-order valence-electron chi connectivity index (χ0n) is 17.7. The summed E-state index contributed by atoms with van der Waals surface area (Å²) < 4.78 is 5.65. The van der Waals surface area contributed by atoms with E-state index in [0.717, 1.165) is 29.8 Å². The largest absolute Gasteiger partial charge is 0.482 e. The van der Waals surface area contributed by atoms with Crippen LogP contribution in [0.3, 0.4) is 0 Å². The Morgan fingerprint density at radius 3 is 2.52 bits per heavy atom. The quantitative estimate of drug-likeness (QED) is 0.755. The molecule has 0 saturated heterocycles. The lowest BCUT2D eigenvalue weighted by Gasteiger charge is -2.32. The van der Waals surface area contributed by atoms with E-state index in [1.165, 1.54) is 5.56 Å². The van der Waals surface area contributed by atoms with Crippen molar-refractivity contribution in [1.29, 1.82) is 0 Å². The number of fused-ring (bicyclic) bond motifs is 1. The second kappa shape index (κ2) is 8.68. The van der Waals surface area contributed by atoms with Crippen molar-refractivity contribution in [2.45, 2.75) is 52.5 Å². The van der Waals surface area contributed by atoms with Crippen LogP contribution in [0, 0.1) is 0 Å². The molecule has 2 aromatic carbocycles. The third-order valence-corrected chi connectivity index (χ3v) is 5.66. The highest BCUT2D eigenvalue weighted by atomic mass is 16.5. The van der Waals surface area contributed by atoms with Gasteiger partial charge in [0.1, 0.15) is 5.75 Å². The van der Waals surface area contributed by atoms with E-state index in [4.69, 9.17) is 4.74 Å². The number of rotatable bonds is 7. The average molecular weight is 395 g/mol. The van der Waals surface area contributed by atoms with E-state index in [2.05, 4.69) is 38.2 Å². The van der Waals surface area contributed by atoms with Gasteiger partial charge in [-0.25, -0.2) is 0 Å². The Balaban J connectivity index is 1.84. The molecule has 0 fully saturated rings. The molecule has 3 rings (SSSR count). The molecule has 0 aliphatic carbocycles. The number of hydrogen-bond acceptors (Lipinski definition) is 3. The van der Waals surface area contributed by atoms with Gasteiger partial charge < -0.3 is 15.0 Å². The van der Waals surface area contributed by atoms with Crippen molar-refractivity contribution in [3.8, 4) is 5.75 Å². The monoisotopic (exact) mass is 394 g/mol. The first kappa shape index (κ1) is 20.9. The Morgan fingerprint density at radius 1 is 1.14 bits per heavy atom. The van der Waals surface area contributed by atoms with Crippen molar-refractivity contribution >= 4 is 17.5 Å². The van der Waals surface area contributed by atoms with Crippen LogP contribution in [-0.4, -0.2) is 25.0 Å². The van der Waals surface area contributed by atoms with Crippen LogP contribution in [0.5, 0.6) is 5.75 Å². The van der Waals surface area contributed by atoms with Crippen molar-refractivity contribution < 1.29 is 14.3 Å². The summed E-state index contributed by atoms with van der Waals surface area (Å²) in [5.74, 6) is 0.599. The number of carbonyl (C=O) groups excluding carboxylic acids is 2. The van der Waals surface area contributed by atoms with Crippen molar-refractivity contribution in [3.05, 3.63) is 59.2 Å². The fourth-order valence-corrected chi connectivity index (χ4v) is 3.29. The van der Waals surface area contributed by atoms with Crippen molar-refractivity contribution in [2.24, 2.45) is 0 Å². The van der Waals surface area contributed by atoms with Crippen LogP contribution >= 0.6 is 0 Å². The van der Waals surface area contributed by atoms with Gasteiger partial charge in [0.25, 0.3) is 11.8 Å². The summed E-state index contributed by atoms with van der Waals surface area (Å²) in [7, 11) is 0. The number of nitrogens with one attached hydrogen (secondary N) is 1. The zero-order chi connectivity index (χ0) is 21.0. The van der Waals surface area contributed by atoms with E-state index in [0.29, 0.717) is 18.7 Å². The highest BCUT2D eigenvalue weighted by Crippen LogP contribution is 2.38. The molecule has 0 radical (unpaired) electrons. The summed E-state index contributed by atoms with van der Waals surface area (Å²) in [6.45, 7) is 9.74. The molecule has 0 aromatic heterocycles. The lowest BCUT2D eigenvalue weighted by Crippen LogP contribution is -2.38. The van der Waals surface area contributed by atoms with E-state index in [9.17, 15) is 9.59 Å². The van der Waals surface area contributed by atoms with Crippen LogP contribution in [0.4, 0.5) is 5.69 Å². The van der Waals surface area contributed by atoms with E-state index in [1.807, 2.05) is 37.3 Å². The summed E-state index contributed by atoms with van der Waals surface area (Å²) >= 11 is 0. The van der Waals surface area contributed by atoms with Crippen molar-refractivity contribution in [1.82, 2.24) is 5.32 Å². The Kier molecular flexibility index (Phi) is 6.26. The van der Waals surface area contributed by atoms with Crippen LogP contribution < -0.4 is 15.0 Å². The maximum absolute atomic E-state index is 12.6. The molecule has 2 amide bonds. The molecular formula is C24H30N2O3. The number of carbonyl (C=O) groups is 2. The van der Waals surface area contributed by atoms with Gasteiger partial charge in [-0.2, -0.15) is 0 Å². The number of benzene rings is 2. The average Bonchev–Trinajstić information content (AvgIpc) is 2.74. The molecule has 0 unspecified atom stereocenters. The van der Waals surface area contributed by atoms with Crippen molar-refractivity contribution in [2.75, 3.05) is 18.1 Å². The topological polar surface area (TPSA) is 58.6 Å².